The van der Waals surface area contributed by atoms with Gasteiger partial charge in [0.15, 0.2) is 0 Å². The third kappa shape index (κ3) is 10.2. The van der Waals surface area contributed by atoms with Gasteiger partial charge >= 0.3 is 0 Å². The Morgan fingerprint density at radius 3 is 1.76 bits per heavy atom. The van der Waals surface area contributed by atoms with Crippen molar-refractivity contribution >= 4 is 0 Å². The summed E-state index contributed by atoms with van der Waals surface area (Å²) in [6, 6.07) is 10.6. The fourth-order valence-corrected chi connectivity index (χ4v) is 3.57. The lowest BCUT2D eigenvalue weighted by molar-refractivity contribution is -0.921. The minimum atomic E-state index is 0. The SMILES string of the molecule is CCCCCCCCCCCC[N+](C)(C)[C@@H](CO)c1ccccc1.[Cl-]. The molecule has 0 radical (unpaired) electrons. The number of benzene rings is 1. The maximum absolute atomic E-state index is 9.86. The van der Waals surface area contributed by atoms with Gasteiger partial charge in [0, 0.05) is 5.56 Å². The van der Waals surface area contributed by atoms with Gasteiger partial charge in [0.25, 0.3) is 0 Å². The molecule has 3 heteroatoms. The van der Waals surface area contributed by atoms with E-state index < -0.39 is 0 Å². The average molecular weight is 370 g/mol. The van der Waals surface area contributed by atoms with E-state index in [1.807, 2.05) is 6.07 Å². The molecule has 0 aliphatic heterocycles. The Hall–Kier alpha value is -0.570. The molecule has 0 saturated carbocycles. The van der Waals surface area contributed by atoms with Gasteiger partial charge in [0.1, 0.15) is 6.04 Å². The minimum Gasteiger partial charge on any atom is -1.00 e. The number of likely N-dealkylation sites (N-methyl/N-ethyl adjacent to an activating group) is 1. The van der Waals surface area contributed by atoms with Crippen molar-refractivity contribution in [3.63, 3.8) is 0 Å². The van der Waals surface area contributed by atoms with Gasteiger partial charge in [-0.2, -0.15) is 0 Å². The van der Waals surface area contributed by atoms with E-state index in [-0.39, 0.29) is 25.1 Å². The smallest absolute Gasteiger partial charge is 0.138 e. The molecule has 2 nitrogen and oxygen atoms in total. The Morgan fingerprint density at radius 2 is 1.28 bits per heavy atom. The zero-order valence-corrected chi connectivity index (χ0v) is 17.5. The number of aliphatic hydroxyl groups excluding tert-OH is 1. The molecule has 0 saturated heterocycles. The molecule has 0 aromatic heterocycles. The van der Waals surface area contributed by atoms with Crippen LogP contribution in [0, 0.1) is 0 Å². The van der Waals surface area contributed by atoms with Gasteiger partial charge in [0.05, 0.1) is 27.2 Å². The van der Waals surface area contributed by atoms with Gasteiger partial charge in [0.2, 0.25) is 0 Å². The van der Waals surface area contributed by atoms with Crippen LogP contribution in [-0.2, 0) is 0 Å². The summed E-state index contributed by atoms with van der Waals surface area (Å²) in [7, 11) is 4.50. The average Bonchev–Trinajstić information content (AvgIpc) is 2.58. The highest BCUT2D eigenvalue weighted by Crippen LogP contribution is 2.25. The number of quaternary nitrogens is 1. The predicted molar refractivity (Wildman–Crippen MR) is 105 cm³/mol. The van der Waals surface area contributed by atoms with Crippen LogP contribution in [0.5, 0.6) is 0 Å². The van der Waals surface area contributed by atoms with E-state index in [0.717, 1.165) is 11.0 Å². The summed E-state index contributed by atoms with van der Waals surface area (Å²) in [6.07, 6.45) is 13.7. The summed E-state index contributed by atoms with van der Waals surface area (Å²) in [5.41, 5.74) is 1.25. The van der Waals surface area contributed by atoms with Crippen LogP contribution in [0.3, 0.4) is 0 Å². The molecule has 1 N–H and O–H groups in total. The van der Waals surface area contributed by atoms with Gasteiger partial charge < -0.3 is 22.0 Å². The molecule has 1 rings (SSSR count). The predicted octanol–water partition coefficient (Wildman–Crippen LogP) is 2.72. The first kappa shape index (κ1) is 24.4. The van der Waals surface area contributed by atoms with Crippen molar-refractivity contribution in [2.24, 2.45) is 0 Å². The van der Waals surface area contributed by atoms with E-state index in [2.05, 4.69) is 45.3 Å². The summed E-state index contributed by atoms with van der Waals surface area (Å²) < 4.78 is 0.873. The van der Waals surface area contributed by atoms with Gasteiger partial charge in [-0.15, -0.1) is 0 Å². The Kier molecular flexibility index (Phi) is 14.3. The van der Waals surface area contributed by atoms with E-state index in [4.69, 9.17) is 0 Å². The fraction of sp³-hybridized carbons (Fsp3) is 0.727. The summed E-state index contributed by atoms with van der Waals surface area (Å²) in [5, 5.41) is 9.86. The number of hydrogen-bond donors (Lipinski definition) is 1. The number of halogens is 1. The highest BCUT2D eigenvalue weighted by atomic mass is 35.5. The van der Waals surface area contributed by atoms with Crippen LogP contribution in [0.2, 0.25) is 0 Å². The van der Waals surface area contributed by atoms with Crippen molar-refractivity contribution in [1.82, 2.24) is 0 Å². The van der Waals surface area contributed by atoms with E-state index in [1.54, 1.807) is 0 Å². The van der Waals surface area contributed by atoms with Gasteiger partial charge in [-0.1, -0.05) is 88.6 Å². The molecule has 0 unspecified atom stereocenters. The number of rotatable bonds is 14. The Bertz CT molecular complexity index is 408. The van der Waals surface area contributed by atoms with Crippen molar-refractivity contribution in [3.8, 4) is 0 Å². The number of unbranched alkanes of at least 4 members (excludes halogenated alkanes) is 9. The third-order valence-corrected chi connectivity index (χ3v) is 5.29. The monoisotopic (exact) mass is 369 g/mol. The second kappa shape index (κ2) is 14.6. The standard InChI is InChI=1S/C22H40NO.ClH/c1-4-5-6-7-8-9-10-11-12-16-19-23(2,3)22(20-24)21-17-14-13-15-18-21;/h13-15,17-18,22,24H,4-12,16,19-20H2,1-3H3;1H/q+1;/p-1/t22-;/m0./s1. The minimum absolute atomic E-state index is 0. The topological polar surface area (TPSA) is 20.2 Å². The number of aliphatic hydroxyl groups is 1. The quantitative estimate of drug-likeness (QED) is 0.395. The van der Waals surface area contributed by atoms with Crippen LogP contribution in [0.25, 0.3) is 0 Å². The van der Waals surface area contributed by atoms with Crippen LogP contribution in [0.1, 0.15) is 82.7 Å². The van der Waals surface area contributed by atoms with Crippen molar-refractivity contribution < 1.29 is 22.0 Å². The van der Waals surface area contributed by atoms with Gasteiger partial charge in [-0.3, -0.25) is 0 Å². The van der Waals surface area contributed by atoms with Crippen LogP contribution < -0.4 is 12.4 Å². The summed E-state index contributed by atoms with van der Waals surface area (Å²) >= 11 is 0. The molecule has 1 aromatic carbocycles. The maximum atomic E-state index is 9.86. The normalized spacial score (nSPS) is 12.6. The summed E-state index contributed by atoms with van der Waals surface area (Å²) in [4.78, 5) is 0. The molecule has 1 atom stereocenters. The first-order chi connectivity index (χ1) is 11.6. The Morgan fingerprint density at radius 1 is 0.800 bits per heavy atom. The highest BCUT2D eigenvalue weighted by Gasteiger charge is 2.28. The van der Waals surface area contributed by atoms with Crippen molar-refractivity contribution in [1.29, 1.82) is 0 Å². The number of hydrogen-bond acceptors (Lipinski definition) is 1. The molecule has 0 aliphatic rings. The second-order valence-corrected chi connectivity index (χ2v) is 7.79. The molecule has 25 heavy (non-hydrogen) atoms. The molecule has 0 bridgehead atoms. The van der Waals surface area contributed by atoms with Crippen molar-refractivity contribution in [2.45, 2.75) is 77.2 Å². The van der Waals surface area contributed by atoms with E-state index in [0.29, 0.717) is 0 Å². The van der Waals surface area contributed by atoms with Crippen LogP contribution in [0.4, 0.5) is 0 Å². The second-order valence-electron chi connectivity index (χ2n) is 7.79. The van der Waals surface area contributed by atoms with Crippen LogP contribution in [-0.4, -0.2) is 36.8 Å². The molecule has 0 fully saturated rings. The third-order valence-electron chi connectivity index (χ3n) is 5.29. The number of nitrogens with zero attached hydrogens (tertiary/aromatic N) is 1. The first-order valence-electron chi connectivity index (χ1n) is 10.1. The molecule has 146 valence electrons. The summed E-state index contributed by atoms with van der Waals surface area (Å²) in [6.45, 7) is 3.63. The molecule has 0 aliphatic carbocycles. The Labute approximate surface area is 162 Å². The lowest BCUT2D eigenvalue weighted by Crippen LogP contribution is -3.00. The largest absolute Gasteiger partial charge is 1.00 e. The Balaban J connectivity index is 0.00000576. The van der Waals surface area contributed by atoms with Crippen LogP contribution in [0.15, 0.2) is 30.3 Å². The zero-order valence-electron chi connectivity index (χ0n) is 16.7. The molecule has 0 spiro atoms. The lowest BCUT2D eigenvalue weighted by Gasteiger charge is -2.37. The fourth-order valence-electron chi connectivity index (χ4n) is 3.57. The van der Waals surface area contributed by atoms with Gasteiger partial charge in [-0.05, 0) is 12.8 Å². The molecule has 0 heterocycles. The van der Waals surface area contributed by atoms with E-state index >= 15 is 0 Å². The van der Waals surface area contributed by atoms with Gasteiger partial charge in [-0.25, -0.2) is 0 Å². The highest BCUT2D eigenvalue weighted by molar-refractivity contribution is 5.17. The maximum Gasteiger partial charge on any atom is 0.138 e. The molecular weight excluding hydrogens is 330 g/mol. The van der Waals surface area contributed by atoms with E-state index in [1.165, 1.54) is 69.8 Å². The molecular formula is C22H40ClNO. The van der Waals surface area contributed by atoms with Crippen molar-refractivity contribution in [2.75, 3.05) is 27.2 Å². The molecule has 1 aromatic rings. The molecule has 0 amide bonds. The van der Waals surface area contributed by atoms with Crippen LogP contribution >= 0.6 is 0 Å². The zero-order chi connectivity index (χ0) is 17.7. The lowest BCUT2D eigenvalue weighted by atomic mass is 10.0. The first-order valence-corrected chi connectivity index (χ1v) is 10.1. The van der Waals surface area contributed by atoms with E-state index in [9.17, 15) is 5.11 Å². The summed E-state index contributed by atoms with van der Waals surface area (Å²) in [5.74, 6) is 0. The van der Waals surface area contributed by atoms with Crippen molar-refractivity contribution in [3.05, 3.63) is 35.9 Å².